The molecular weight excluding hydrogens is 599 g/mol. The molecule has 8 aromatic carbocycles. The molecule has 0 N–H and O–H groups in total. The maximum absolute atomic E-state index is 6.48. The zero-order valence-electron chi connectivity index (χ0n) is 26.3. The van der Waals surface area contributed by atoms with Crippen LogP contribution in [0, 0.1) is 0 Å². The third-order valence-electron chi connectivity index (χ3n) is 9.50. The fourth-order valence-electron chi connectivity index (χ4n) is 7.21. The van der Waals surface area contributed by atoms with Crippen LogP contribution >= 0.6 is 0 Å². The molecule has 0 radical (unpaired) electrons. The SMILES string of the molecule is c1ccc(-c2nc(-c3ccc4ccccc4c3)nc(-c3ccc4oc5ccccc5c4c3-c3cc4ccccc4c4ccccc34)n2)cc1. The Bertz CT molecular complexity index is 2890. The number of hydrogen-bond acceptors (Lipinski definition) is 4. The highest BCUT2D eigenvalue weighted by atomic mass is 16.3. The van der Waals surface area contributed by atoms with E-state index in [2.05, 4.69) is 121 Å². The standard InChI is InChI=1S/C45H27N3O/c1-2-13-29(14-3-1)43-46-44(32-23-22-28-12-4-5-15-30(28)26-32)48-45(47-43)37-24-25-40-42(36-20-10-11-21-39(36)49-40)41(37)38-27-31-16-6-7-17-33(31)34-18-8-9-19-35(34)38/h1-27H. The summed E-state index contributed by atoms with van der Waals surface area (Å²) >= 11 is 0. The van der Waals surface area contributed by atoms with E-state index in [1.165, 1.54) is 21.5 Å². The highest BCUT2D eigenvalue weighted by Crippen LogP contribution is 2.46. The molecule has 10 aromatic rings. The summed E-state index contributed by atoms with van der Waals surface area (Å²) < 4.78 is 6.48. The largest absolute Gasteiger partial charge is 0.456 e. The molecule has 0 fully saturated rings. The second kappa shape index (κ2) is 11.0. The van der Waals surface area contributed by atoms with Crippen molar-refractivity contribution in [2.24, 2.45) is 0 Å². The second-order valence-electron chi connectivity index (χ2n) is 12.4. The van der Waals surface area contributed by atoms with Crippen molar-refractivity contribution in [3.63, 3.8) is 0 Å². The van der Waals surface area contributed by atoms with Gasteiger partial charge in [-0.05, 0) is 68.2 Å². The Kier molecular flexibility index (Phi) is 6.15. The molecule has 4 nitrogen and oxygen atoms in total. The van der Waals surface area contributed by atoms with Gasteiger partial charge in [0.2, 0.25) is 0 Å². The molecule has 2 aromatic heterocycles. The van der Waals surface area contributed by atoms with Crippen LogP contribution in [0.2, 0.25) is 0 Å². The minimum absolute atomic E-state index is 0.608. The lowest BCUT2D eigenvalue weighted by atomic mass is 9.88. The van der Waals surface area contributed by atoms with Crippen LogP contribution in [0.25, 0.3) is 99.5 Å². The molecule has 0 saturated carbocycles. The normalized spacial score (nSPS) is 11.7. The van der Waals surface area contributed by atoms with Crippen molar-refractivity contribution in [3.8, 4) is 45.3 Å². The number of furan rings is 1. The first kappa shape index (κ1) is 27.5. The first-order valence-electron chi connectivity index (χ1n) is 16.4. The number of para-hydroxylation sites is 1. The zero-order chi connectivity index (χ0) is 32.3. The van der Waals surface area contributed by atoms with Gasteiger partial charge in [-0.2, -0.15) is 0 Å². The highest BCUT2D eigenvalue weighted by molar-refractivity contribution is 6.22. The van der Waals surface area contributed by atoms with Gasteiger partial charge < -0.3 is 4.42 Å². The summed E-state index contributed by atoms with van der Waals surface area (Å²) in [5.74, 6) is 1.86. The third-order valence-corrected chi connectivity index (χ3v) is 9.50. The van der Waals surface area contributed by atoms with Crippen LogP contribution in [-0.4, -0.2) is 15.0 Å². The van der Waals surface area contributed by atoms with E-state index in [0.29, 0.717) is 17.5 Å². The van der Waals surface area contributed by atoms with Crippen molar-refractivity contribution in [3.05, 3.63) is 164 Å². The van der Waals surface area contributed by atoms with E-state index >= 15 is 0 Å². The van der Waals surface area contributed by atoms with Crippen molar-refractivity contribution in [1.29, 1.82) is 0 Å². The predicted octanol–water partition coefficient (Wildman–Crippen LogP) is 11.9. The number of benzene rings is 8. The number of hydrogen-bond donors (Lipinski definition) is 0. The van der Waals surface area contributed by atoms with Crippen LogP contribution < -0.4 is 0 Å². The summed E-state index contributed by atoms with van der Waals surface area (Å²) in [5.41, 5.74) is 6.60. The van der Waals surface area contributed by atoms with Gasteiger partial charge in [-0.1, -0.05) is 133 Å². The molecule has 0 aliphatic heterocycles. The van der Waals surface area contributed by atoms with Gasteiger partial charge in [0, 0.05) is 33.0 Å². The topological polar surface area (TPSA) is 51.8 Å². The summed E-state index contributed by atoms with van der Waals surface area (Å²) in [4.78, 5) is 15.5. The minimum Gasteiger partial charge on any atom is -0.456 e. The molecule has 0 aliphatic carbocycles. The second-order valence-corrected chi connectivity index (χ2v) is 12.4. The van der Waals surface area contributed by atoms with Crippen molar-refractivity contribution in [2.45, 2.75) is 0 Å². The molecule has 228 valence electrons. The summed E-state index contributed by atoms with van der Waals surface area (Å²) in [6, 6.07) is 56.9. The van der Waals surface area contributed by atoms with Crippen LogP contribution in [0.5, 0.6) is 0 Å². The van der Waals surface area contributed by atoms with Crippen molar-refractivity contribution in [1.82, 2.24) is 15.0 Å². The van der Waals surface area contributed by atoms with Gasteiger partial charge in [-0.3, -0.25) is 0 Å². The van der Waals surface area contributed by atoms with E-state index in [-0.39, 0.29) is 0 Å². The lowest BCUT2D eigenvalue weighted by Gasteiger charge is -2.16. The molecule has 4 heteroatoms. The number of rotatable bonds is 4. The Balaban J connectivity index is 1.33. The quantitative estimate of drug-likeness (QED) is 0.183. The van der Waals surface area contributed by atoms with Crippen molar-refractivity contribution < 1.29 is 4.42 Å². The van der Waals surface area contributed by atoms with Gasteiger partial charge in [-0.15, -0.1) is 0 Å². The van der Waals surface area contributed by atoms with E-state index in [1.807, 2.05) is 42.5 Å². The Labute approximate surface area is 282 Å². The number of fused-ring (bicyclic) bond motifs is 7. The van der Waals surface area contributed by atoms with Crippen LogP contribution in [0.15, 0.2) is 168 Å². The molecule has 10 rings (SSSR count). The van der Waals surface area contributed by atoms with E-state index in [0.717, 1.165) is 60.5 Å². The molecule has 2 heterocycles. The van der Waals surface area contributed by atoms with Gasteiger partial charge in [0.05, 0.1) is 0 Å². The van der Waals surface area contributed by atoms with Crippen LogP contribution in [0.1, 0.15) is 0 Å². The van der Waals surface area contributed by atoms with E-state index < -0.39 is 0 Å². The molecule has 0 aliphatic rings. The number of nitrogens with zero attached hydrogens (tertiary/aromatic N) is 3. The van der Waals surface area contributed by atoms with Crippen LogP contribution in [-0.2, 0) is 0 Å². The maximum Gasteiger partial charge on any atom is 0.164 e. The first-order valence-corrected chi connectivity index (χ1v) is 16.4. The average molecular weight is 626 g/mol. The monoisotopic (exact) mass is 625 g/mol. The van der Waals surface area contributed by atoms with Crippen LogP contribution in [0.3, 0.4) is 0 Å². The highest BCUT2D eigenvalue weighted by Gasteiger charge is 2.23. The van der Waals surface area contributed by atoms with Gasteiger partial charge in [0.1, 0.15) is 11.2 Å². The average Bonchev–Trinajstić information content (AvgIpc) is 3.56. The maximum atomic E-state index is 6.48. The third kappa shape index (κ3) is 4.49. The fraction of sp³-hybridized carbons (Fsp3) is 0. The van der Waals surface area contributed by atoms with Crippen LogP contribution in [0.4, 0.5) is 0 Å². The van der Waals surface area contributed by atoms with E-state index in [4.69, 9.17) is 19.4 Å². The van der Waals surface area contributed by atoms with Crippen molar-refractivity contribution in [2.75, 3.05) is 0 Å². The molecule has 0 atom stereocenters. The molecule has 0 bridgehead atoms. The van der Waals surface area contributed by atoms with Gasteiger partial charge in [-0.25, -0.2) is 15.0 Å². The Hall–Kier alpha value is -6.65. The molecule has 0 saturated heterocycles. The summed E-state index contributed by atoms with van der Waals surface area (Å²) in [5, 5.41) is 9.16. The smallest absolute Gasteiger partial charge is 0.164 e. The van der Waals surface area contributed by atoms with Gasteiger partial charge in [0.15, 0.2) is 17.5 Å². The molecule has 49 heavy (non-hydrogen) atoms. The Morgan fingerprint density at radius 3 is 1.82 bits per heavy atom. The van der Waals surface area contributed by atoms with E-state index in [9.17, 15) is 0 Å². The fourth-order valence-corrected chi connectivity index (χ4v) is 7.21. The Morgan fingerprint density at radius 1 is 0.347 bits per heavy atom. The summed E-state index contributed by atoms with van der Waals surface area (Å²) in [6.07, 6.45) is 0. The molecule has 0 amide bonds. The zero-order valence-corrected chi connectivity index (χ0v) is 26.3. The number of aromatic nitrogens is 3. The van der Waals surface area contributed by atoms with Crippen molar-refractivity contribution >= 4 is 54.3 Å². The first-order chi connectivity index (χ1) is 24.3. The molecular formula is C45H27N3O. The summed E-state index contributed by atoms with van der Waals surface area (Å²) in [7, 11) is 0. The lowest BCUT2D eigenvalue weighted by molar-refractivity contribution is 0.669. The van der Waals surface area contributed by atoms with E-state index in [1.54, 1.807) is 0 Å². The minimum atomic E-state index is 0.608. The van der Waals surface area contributed by atoms with Gasteiger partial charge in [0.25, 0.3) is 0 Å². The summed E-state index contributed by atoms with van der Waals surface area (Å²) in [6.45, 7) is 0. The van der Waals surface area contributed by atoms with Gasteiger partial charge >= 0.3 is 0 Å². The lowest BCUT2D eigenvalue weighted by Crippen LogP contribution is -2.01. The molecule has 0 spiro atoms. The Morgan fingerprint density at radius 2 is 0.980 bits per heavy atom. The molecule has 0 unspecified atom stereocenters. The predicted molar refractivity (Wildman–Crippen MR) is 201 cm³/mol.